The van der Waals surface area contributed by atoms with Gasteiger partial charge in [-0.1, -0.05) is 18.2 Å². The Kier molecular flexibility index (Phi) is 6.73. The maximum Gasteiger partial charge on any atom is 0.254 e. The highest BCUT2D eigenvalue weighted by molar-refractivity contribution is 5.95. The van der Waals surface area contributed by atoms with Crippen LogP contribution in [0, 0.1) is 13.8 Å². The van der Waals surface area contributed by atoms with Crippen molar-refractivity contribution in [2.24, 2.45) is 0 Å². The van der Waals surface area contributed by atoms with Crippen LogP contribution in [0.4, 0.5) is 0 Å². The zero-order valence-corrected chi connectivity index (χ0v) is 19.3. The number of rotatable bonds is 8. The van der Waals surface area contributed by atoms with Crippen molar-refractivity contribution >= 4 is 11.8 Å². The minimum Gasteiger partial charge on any atom is -0.488 e. The van der Waals surface area contributed by atoms with E-state index in [-0.39, 0.29) is 17.9 Å². The maximum absolute atomic E-state index is 13.5. The molecule has 1 aliphatic rings. The summed E-state index contributed by atoms with van der Waals surface area (Å²) in [6, 6.07) is 15.4. The molecule has 33 heavy (non-hydrogen) atoms. The second kappa shape index (κ2) is 9.86. The third kappa shape index (κ3) is 5.40. The van der Waals surface area contributed by atoms with E-state index in [4.69, 9.17) is 4.74 Å². The Morgan fingerprint density at radius 2 is 1.73 bits per heavy atom. The monoisotopic (exact) mass is 443 g/mol. The van der Waals surface area contributed by atoms with E-state index in [1.165, 1.54) is 0 Å². The summed E-state index contributed by atoms with van der Waals surface area (Å²) >= 11 is 0. The van der Waals surface area contributed by atoms with Crippen LogP contribution < -0.4 is 10.1 Å². The molecule has 170 valence electrons. The first-order valence-corrected chi connectivity index (χ1v) is 11.2. The van der Waals surface area contributed by atoms with Gasteiger partial charge in [-0.3, -0.25) is 14.6 Å². The van der Waals surface area contributed by atoms with E-state index in [0.29, 0.717) is 24.3 Å². The summed E-state index contributed by atoms with van der Waals surface area (Å²) < 4.78 is 6.05. The fraction of sp³-hybridized carbons (Fsp3) is 0.296. The molecule has 0 aliphatic heterocycles. The predicted molar refractivity (Wildman–Crippen MR) is 127 cm³/mol. The van der Waals surface area contributed by atoms with Crippen LogP contribution in [-0.2, 0) is 13.2 Å². The number of hydrogen-bond acceptors (Lipinski definition) is 4. The number of aryl methyl sites for hydroxylation is 2. The summed E-state index contributed by atoms with van der Waals surface area (Å²) in [4.78, 5) is 31.3. The van der Waals surface area contributed by atoms with Crippen LogP contribution in [0.1, 0.15) is 55.8 Å². The number of carbonyl (C=O) groups excluding carboxylic acids is 2. The van der Waals surface area contributed by atoms with Gasteiger partial charge in [0.2, 0.25) is 0 Å². The van der Waals surface area contributed by atoms with E-state index >= 15 is 0 Å². The van der Waals surface area contributed by atoms with Gasteiger partial charge >= 0.3 is 0 Å². The van der Waals surface area contributed by atoms with Crippen molar-refractivity contribution < 1.29 is 14.3 Å². The molecule has 2 aromatic carbocycles. The van der Waals surface area contributed by atoms with E-state index in [1.54, 1.807) is 31.6 Å². The van der Waals surface area contributed by atoms with E-state index in [0.717, 1.165) is 40.8 Å². The Labute approximate surface area is 194 Å². The molecule has 0 bridgehead atoms. The van der Waals surface area contributed by atoms with E-state index in [2.05, 4.69) is 10.3 Å². The predicted octanol–water partition coefficient (Wildman–Crippen LogP) is 4.44. The molecule has 1 aromatic heterocycles. The SMILES string of the molecule is CNC(=O)c1ccc(CN(C(=O)c2cc(C)c(OCc3cccnc3)c(C)c2)C2CC2)cc1. The van der Waals surface area contributed by atoms with Gasteiger partial charge in [-0.2, -0.15) is 0 Å². The zero-order valence-electron chi connectivity index (χ0n) is 19.3. The normalized spacial score (nSPS) is 12.8. The third-order valence-electron chi connectivity index (χ3n) is 5.86. The third-order valence-corrected chi connectivity index (χ3v) is 5.86. The number of aromatic nitrogens is 1. The Morgan fingerprint density at radius 1 is 1.03 bits per heavy atom. The van der Waals surface area contributed by atoms with Crippen LogP contribution in [-0.4, -0.2) is 34.8 Å². The Morgan fingerprint density at radius 3 is 2.30 bits per heavy atom. The molecule has 0 spiro atoms. The summed E-state index contributed by atoms with van der Waals surface area (Å²) in [5, 5.41) is 2.63. The highest BCUT2D eigenvalue weighted by Gasteiger charge is 2.33. The van der Waals surface area contributed by atoms with Crippen molar-refractivity contribution in [3.8, 4) is 5.75 Å². The fourth-order valence-electron chi connectivity index (χ4n) is 3.96. The van der Waals surface area contributed by atoms with Crippen molar-refractivity contribution in [2.75, 3.05) is 7.05 Å². The summed E-state index contributed by atoms with van der Waals surface area (Å²) in [6.45, 7) is 4.90. The topological polar surface area (TPSA) is 71.5 Å². The molecule has 1 fully saturated rings. The number of pyridine rings is 1. The van der Waals surface area contributed by atoms with Crippen LogP contribution >= 0.6 is 0 Å². The second-order valence-electron chi connectivity index (χ2n) is 8.53. The Bertz CT molecular complexity index is 1120. The smallest absolute Gasteiger partial charge is 0.254 e. The Balaban J connectivity index is 1.49. The van der Waals surface area contributed by atoms with Crippen molar-refractivity contribution in [3.05, 3.63) is 94.3 Å². The van der Waals surface area contributed by atoms with Gasteiger partial charge in [0.15, 0.2) is 0 Å². The Hall–Kier alpha value is -3.67. The molecule has 1 saturated carbocycles. The van der Waals surface area contributed by atoms with Gasteiger partial charge in [0.25, 0.3) is 11.8 Å². The van der Waals surface area contributed by atoms with Gasteiger partial charge in [-0.25, -0.2) is 0 Å². The van der Waals surface area contributed by atoms with Crippen LogP contribution in [0.25, 0.3) is 0 Å². The highest BCUT2D eigenvalue weighted by Crippen LogP contribution is 2.32. The lowest BCUT2D eigenvalue weighted by Crippen LogP contribution is -2.32. The maximum atomic E-state index is 13.5. The second-order valence-corrected chi connectivity index (χ2v) is 8.53. The molecule has 4 rings (SSSR count). The number of nitrogens with zero attached hydrogens (tertiary/aromatic N) is 2. The first-order chi connectivity index (χ1) is 16.0. The molecule has 0 unspecified atom stereocenters. The van der Waals surface area contributed by atoms with Gasteiger partial charge < -0.3 is 15.0 Å². The summed E-state index contributed by atoms with van der Waals surface area (Å²) in [6.07, 6.45) is 5.57. The summed E-state index contributed by atoms with van der Waals surface area (Å²) in [5.74, 6) is 0.713. The molecular formula is C27H29N3O3. The first kappa shape index (κ1) is 22.5. The molecule has 1 aliphatic carbocycles. The zero-order chi connectivity index (χ0) is 23.4. The minimum atomic E-state index is -0.117. The molecule has 6 nitrogen and oxygen atoms in total. The van der Waals surface area contributed by atoms with Gasteiger partial charge in [0, 0.05) is 48.7 Å². The average molecular weight is 444 g/mol. The quantitative estimate of drug-likeness (QED) is 0.559. The van der Waals surface area contributed by atoms with Crippen LogP contribution in [0.15, 0.2) is 60.9 Å². The van der Waals surface area contributed by atoms with Crippen LogP contribution in [0.2, 0.25) is 0 Å². The number of carbonyl (C=O) groups is 2. The number of nitrogens with one attached hydrogen (secondary N) is 1. The fourth-order valence-corrected chi connectivity index (χ4v) is 3.96. The van der Waals surface area contributed by atoms with E-state index in [9.17, 15) is 9.59 Å². The van der Waals surface area contributed by atoms with Gasteiger partial charge in [0.1, 0.15) is 12.4 Å². The largest absolute Gasteiger partial charge is 0.488 e. The molecule has 0 saturated heterocycles. The van der Waals surface area contributed by atoms with Crippen molar-refractivity contribution in [1.29, 1.82) is 0 Å². The molecule has 0 atom stereocenters. The lowest BCUT2D eigenvalue weighted by molar-refractivity contribution is 0.0729. The number of ether oxygens (including phenoxy) is 1. The average Bonchev–Trinajstić information content (AvgIpc) is 3.67. The van der Waals surface area contributed by atoms with E-state index in [1.807, 2.05) is 55.1 Å². The molecule has 1 heterocycles. The first-order valence-electron chi connectivity index (χ1n) is 11.2. The molecule has 2 amide bonds. The van der Waals surface area contributed by atoms with Gasteiger partial charge in [0.05, 0.1) is 0 Å². The van der Waals surface area contributed by atoms with Crippen molar-refractivity contribution in [1.82, 2.24) is 15.2 Å². The molecule has 1 N–H and O–H groups in total. The number of hydrogen-bond donors (Lipinski definition) is 1. The van der Waals surface area contributed by atoms with Gasteiger partial charge in [-0.05, 0) is 73.7 Å². The molecular weight excluding hydrogens is 414 g/mol. The minimum absolute atomic E-state index is 0.0258. The number of amides is 2. The lowest BCUT2D eigenvalue weighted by Gasteiger charge is -2.24. The number of benzene rings is 2. The highest BCUT2D eigenvalue weighted by atomic mass is 16.5. The van der Waals surface area contributed by atoms with Crippen LogP contribution in [0.5, 0.6) is 5.75 Å². The van der Waals surface area contributed by atoms with E-state index < -0.39 is 0 Å². The van der Waals surface area contributed by atoms with Crippen molar-refractivity contribution in [2.45, 2.75) is 45.9 Å². The van der Waals surface area contributed by atoms with Gasteiger partial charge in [-0.15, -0.1) is 0 Å². The standard InChI is InChI=1S/C27H29N3O3/c1-18-13-23(14-19(2)25(18)33-17-21-5-4-12-29-15-21)27(32)30(24-10-11-24)16-20-6-8-22(9-7-20)26(31)28-3/h4-9,12-15,24H,10-11,16-17H2,1-3H3,(H,28,31). The van der Waals surface area contributed by atoms with Crippen molar-refractivity contribution in [3.63, 3.8) is 0 Å². The summed E-state index contributed by atoms with van der Waals surface area (Å²) in [5.41, 5.74) is 5.17. The van der Waals surface area contributed by atoms with Crippen LogP contribution in [0.3, 0.4) is 0 Å². The molecule has 0 radical (unpaired) electrons. The summed E-state index contributed by atoms with van der Waals surface area (Å²) in [7, 11) is 1.61. The lowest BCUT2D eigenvalue weighted by atomic mass is 10.0. The molecule has 3 aromatic rings. The molecule has 6 heteroatoms.